The molecule has 12 heteroatoms. The Balaban J connectivity index is 0.991. The predicted octanol–water partition coefficient (Wildman–Crippen LogP) is 6.77. The summed E-state index contributed by atoms with van der Waals surface area (Å²) in [4.78, 5) is 45.2. The van der Waals surface area contributed by atoms with Crippen LogP contribution in [0, 0.1) is 0 Å². The van der Waals surface area contributed by atoms with Crippen LogP contribution in [0.1, 0.15) is 11.1 Å². The average molecular weight is 733 g/mol. The first kappa shape index (κ1) is 33.0. The van der Waals surface area contributed by atoms with Gasteiger partial charge in [-0.2, -0.15) is 10.2 Å². The summed E-state index contributed by atoms with van der Waals surface area (Å²) < 4.78 is 6.86. The van der Waals surface area contributed by atoms with E-state index < -0.39 is 0 Å². The summed E-state index contributed by atoms with van der Waals surface area (Å²) in [5.74, 6) is 0. The van der Waals surface area contributed by atoms with Crippen molar-refractivity contribution in [2.24, 2.45) is 14.1 Å². The van der Waals surface area contributed by atoms with Gasteiger partial charge in [-0.25, -0.2) is 9.97 Å². The first-order valence-electron chi connectivity index (χ1n) is 18.1. The van der Waals surface area contributed by atoms with Gasteiger partial charge in [-0.05, 0) is 81.9 Å². The van der Waals surface area contributed by atoms with Gasteiger partial charge in [-0.3, -0.25) is 38.1 Å². The fourth-order valence-corrected chi connectivity index (χ4v) is 7.49. The monoisotopic (exact) mass is 732 g/mol. The van der Waals surface area contributed by atoms with Crippen LogP contribution in [0.3, 0.4) is 0 Å². The molecule has 10 aromatic rings. The topological polar surface area (TPSA) is 131 Å². The highest BCUT2D eigenvalue weighted by molar-refractivity contribution is 5.98. The number of hydrogen-bond acceptors (Lipinski definition) is 8. The van der Waals surface area contributed by atoms with Crippen LogP contribution in [0.2, 0.25) is 0 Å². The molecule has 0 saturated carbocycles. The number of benzene rings is 4. The molecule has 0 unspecified atom stereocenters. The Bertz CT molecular complexity index is 3300. The standard InChI is InChI=1S/C44H32N10O2/c1-51-23-33-15-30(9-10-38(33)49-51)29-7-3-5-27(13-29)21-54-26-48-42-20-46-39(18-36(42)44(54)56)32-16-35(37-24-52(2)50-40(37)17-32)31-8-4-6-28(14-31)22-53-25-47-41-19-45-12-11-34(41)43(53)55/h3-20,23-26H,21-22H2,1-2H3. The maximum atomic E-state index is 14.0. The van der Waals surface area contributed by atoms with Crippen molar-refractivity contribution in [1.29, 1.82) is 0 Å². The zero-order chi connectivity index (χ0) is 37.9. The van der Waals surface area contributed by atoms with Gasteiger partial charge in [0.25, 0.3) is 11.1 Å². The van der Waals surface area contributed by atoms with E-state index in [4.69, 9.17) is 10.1 Å². The number of aryl methyl sites for hydroxylation is 2. The van der Waals surface area contributed by atoms with E-state index >= 15 is 0 Å². The third-order valence-corrected chi connectivity index (χ3v) is 10.2. The molecule has 4 aromatic carbocycles. The van der Waals surface area contributed by atoms with Crippen molar-refractivity contribution in [2.75, 3.05) is 0 Å². The lowest BCUT2D eigenvalue weighted by Crippen LogP contribution is -2.21. The summed E-state index contributed by atoms with van der Waals surface area (Å²) in [5, 5.41) is 12.3. The van der Waals surface area contributed by atoms with Gasteiger partial charge in [-0.15, -0.1) is 0 Å². The van der Waals surface area contributed by atoms with Crippen LogP contribution < -0.4 is 11.1 Å². The molecule has 10 rings (SSSR count). The van der Waals surface area contributed by atoms with E-state index in [1.807, 2.05) is 79.7 Å². The fourth-order valence-electron chi connectivity index (χ4n) is 7.49. The van der Waals surface area contributed by atoms with Crippen molar-refractivity contribution in [3.8, 4) is 33.5 Å². The van der Waals surface area contributed by atoms with Gasteiger partial charge in [0.15, 0.2) is 0 Å². The van der Waals surface area contributed by atoms with Crippen molar-refractivity contribution in [2.45, 2.75) is 13.1 Å². The van der Waals surface area contributed by atoms with Crippen LogP contribution in [0.25, 0.3) is 77.1 Å². The highest BCUT2D eigenvalue weighted by Gasteiger charge is 2.15. The molecule has 0 amide bonds. The van der Waals surface area contributed by atoms with Gasteiger partial charge in [0, 0.05) is 49.0 Å². The van der Waals surface area contributed by atoms with Crippen molar-refractivity contribution < 1.29 is 0 Å². The largest absolute Gasteiger partial charge is 0.294 e. The number of aromatic nitrogens is 10. The Morgan fingerprint density at radius 2 is 1.21 bits per heavy atom. The maximum absolute atomic E-state index is 14.0. The van der Waals surface area contributed by atoms with Crippen molar-refractivity contribution in [3.63, 3.8) is 0 Å². The van der Waals surface area contributed by atoms with Gasteiger partial charge in [0.2, 0.25) is 0 Å². The van der Waals surface area contributed by atoms with Gasteiger partial charge in [0.05, 0.1) is 76.7 Å². The summed E-state index contributed by atoms with van der Waals surface area (Å²) in [6.07, 6.45) is 12.0. The Hall–Kier alpha value is -7.60. The number of fused-ring (bicyclic) bond motifs is 4. The van der Waals surface area contributed by atoms with E-state index in [2.05, 4.69) is 56.4 Å². The van der Waals surface area contributed by atoms with Crippen LogP contribution in [0.15, 0.2) is 144 Å². The lowest BCUT2D eigenvalue weighted by atomic mass is 9.96. The van der Waals surface area contributed by atoms with E-state index in [-0.39, 0.29) is 11.1 Å². The number of pyridine rings is 2. The molecule has 12 nitrogen and oxygen atoms in total. The molecule has 0 atom stereocenters. The molecule has 56 heavy (non-hydrogen) atoms. The predicted molar refractivity (Wildman–Crippen MR) is 217 cm³/mol. The highest BCUT2D eigenvalue weighted by Crippen LogP contribution is 2.34. The van der Waals surface area contributed by atoms with Crippen molar-refractivity contribution >= 4 is 43.6 Å². The molecule has 0 spiro atoms. The summed E-state index contributed by atoms with van der Waals surface area (Å²) in [5.41, 5.74) is 9.99. The molecule has 0 aliphatic rings. The molecule has 6 heterocycles. The van der Waals surface area contributed by atoms with E-state index in [0.717, 1.165) is 60.8 Å². The third-order valence-electron chi connectivity index (χ3n) is 10.2. The van der Waals surface area contributed by atoms with Gasteiger partial charge >= 0.3 is 0 Å². The number of hydrogen-bond donors (Lipinski definition) is 0. The minimum absolute atomic E-state index is 0.122. The maximum Gasteiger partial charge on any atom is 0.261 e. The summed E-state index contributed by atoms with van der Waals surface area (Å²) >= 11 is 0. The van der Waals surface area contributed by atoms with E-state index in [1.165, 1.54) is 0 Å². The number of rotatable bonds is 7. The van der Waals surface area contributed by atoms with Gasteiger partial charge in [-0.1, -0.05) is 42.5 Å². The van der Waals surface area contributed by atoms with Crippen LogP contribution in [0.4, 0.5) is 0 Å². The minimum Gasteiger partial charge on any atom is -0.294 e. The summed E-state index contributed by atoms with van der Waals surface area (Å²) in [7, 11) is 3.81. The van der Waals surface area contributed by atoms with E-state index in [1.54, 1.807) is 51.1 Å². The second kappa shape index (κ2) is 13.1. The molecule has 0 saturated heterocycles. The molecular weight excluding hydrogens is 701 g/mol. The molecule has 6 aromatic heterocycles. The molecule has 0 N–H and O–H groups in total. The Morgan fingerprint density at radius 1 is 0.536 bits per heavy atom. The summed E-state index contributed by atoms with van der Waals surface area (Å²) in [6.45, 7) is 0.714. The Labute approximate surface area is 318 Å². The minimum atomic E-state index is -0.151. The molecule has 0 radical (unpaired) electrons. The quantitative estimate of drug-likeness (QED) is 0.176. The fraction of sp³-hybridized carbons (Fsp3) is 0.0909. The first-order valence-corrected chi connectivity index (χ1v) is 18.1. The van der Waals surface area contributed by atoms with E-state index in [0.29, 0.717) is 40.6 Å². The van der Waals surface area contributed by atoms with Crippen molar-refractivity contribution in [3.05, 3.63) is 166 Å². The second-order valence-corrected chi connectivity index (χ2v) is 14.1. The van der Waals surface area contributed by atoms with Gasteiger partial charge < -0.3 is 0 Å². The molecule has 0 aliphatic heterocycles. The van der Waals surface area contributed by atoms with Crippen LogP contribution in [-0.2, 0) is 27.2 Å². The molecule has 270 valence electrons. The van der Waals surface area contributed by atoms with Gasteiger partial charge in [0.1, 0.15) is 0 Å². The van der Waals surface area contributed by atoms with Crippen molar-refractivity contribution in [1.82, 2.24) is 48.6 Å². The van der Waals surface area contributed by atoms with Crippen LogP contribution in [-0.4, -0.2) is 48.6 Å². The second-order valence-electron chi connectivity index (χ2n) is 14.1. The first-order chi connectivity index (χ1) is 27.3. The van der Waals surface area contributed by atoms with Crippen LogP contribution >= 0.6 is 0 Å². The molecule has 0 fully saturated rings. The molecule has 0 aliphatic carbocycles. The SMILES string of the molecule is Cn1cc2cc(-c3cccc(Cn4cnc5cnc(-c6cc(-c7cccc(Cn8cnc9cnccc9c8=O)c7)c7cn(C)nc7c6)cc5c4=O)c3)ccc2n1. The third kappa shape index (κ3) is 5.89. The van der Waals surface area contributed by atoms with Crippen LogP contribution in [0.5, 0.6) is 0 Å². The number of nitrogens with zero attached hydrogens (tertiary/aromatic N) is 10. The van der Waals surface area contributed by atoms with E-state index in [9.17, 15) is 9.59 Å². The summed E-state index contributed by atoms with van der Waals surface area (Å²) in [6, 6.07) is 30.2. The zero-order valence-electron chi connectivity index (χ0n) is 30.4. The highest BCUT2D eigenvalue weighted by atomic mass is 16.1. The zero-order valence-corrected chi connectivity index (χ0v) is 30.4. The smallest absolute Gasteiger partial charge is 0.261 e. The molecular formula is C44H32N10O2. The Kier molecular flexibility index (Phi) is 7.70. The molecule has 0 bridgehead atoms. The lowest BCUT2D eigenvalue weighted by molar-refractivity contribution is 0.748. The lowest BCUT2D eigenvalue weighted by Gasteiger charge is -2.12. The average Bonchev–Trinajstić information content (AvgIpc) is 3.80. The normalized spacial score (nSPS) is 11.7. The Morgan fingerprint density at radius 3 is 2.02 bits per heavy atom.